The maximum atomic E-state index is 9.48. The second-order valence-electron chi connectivity index (χ2n) is 2.66. The number of benzene rings is 1. The van der Waals surface area contributed by atoms with Crippen LogP contribution in [-0.4, -0.2) is 23.9 Å². The predicted molar refractivity (Wildman–Crippen MR) is 53.2 cm³/mol. The van der Waals surface area contributed by atoms with E-state index in [0.29, 0.717) is 17.7 Å². The second kappa shape index (κ2) is 5.15. The van der Waals surface area contributed by atoms with Crippen LogP contribution in [-0.2, 0) is 0 Å². The van der Waals surface area contributed by atoms with E-state index < -0.39 is 0 Å². The fraction of sp³-hybridized carbons (Fsp3) is 0.273. The highest BCUT2D eigenvalue weighted by Gasteiger charge is 1.98. The normalized spacial score (nSPS) is 9.00. The van der Waals surface area contributed by atoms with Gasteiger partial charge in [-0.2, -0.15) is 0 Å². The Morgan fingerprint density at radius 1 is 1.43 bits per heavy atom. The molecule has 0 aliphatic carbocycles. The Labute approximate surface area is 83.0 Å². The topological polar surface area (TPSA) is 49.7 Å². The molecule has 0 atom stereocenters. The highest BCUT2D eigenvalue weighted by Crippen LogP contribution is 2.22. The van der Waals surface area contributed by atoms with E-state index in [1.54, 1.807) is 12.1 Å². The molecular formula is C11H12O3. The standard InChI is InChI=1S/C11H12O3/c1-14-10-6-5-9(11(13)8-10)4-2-3-7-12/h5-6,8,12-13H,3,7H2,1H3. The molecule has 14 heavy (non-hydrogen) atoms. The molecule has 2 N–H and O–H groups in total. The lowest BCUT2D eigenvalue weighted by atomic mass is 10.2. The van der Waals surface area contributed by atoms with Gasteiger partial charge in [-0.25, -0.2) is 0 Å². The number of ether oxygens (including phenoxy) is 1. The monoisotopic (exact) mass is 192 g/mol. The Kier molecular flexibility index (Phi) is 3.84. The zero-order chi connectivity index (χ0) is 10.4. The number of aromatic hydroxyl groups is 1. The highest BCUT2D eigenvalue weighted by molar-refractivity contribution is 5.48. The third kappa shape index (κ3) is 2.68. The van der Waals surface area contributed by atoms with E-state index in [4.69, 9.17) is 9.84 Å². The highest BCUT2D eigenvalue weighted by atomic mass is 16.5. The molecule has 0 radical (unpaired) electrons. The Morgan fingerprint density at radius 3 is 2.79 bits per heavy atom. The Bertz CT molecular complexity index is 361. The van der Waals surface area contributed by atoms with Gasteiger partial charge in [-0.15, -0.1) is 0 Å². The smallest absolute Gasteiger partial charge is 0.134 e. The van der Waals surface area contributed by atoms with E-state index in [9.17, 15) is 5.11 Å². The molecule has 0 aliphatic heterocycles. The van der Waals surface area contributed by atoms with Gasteiger partial charge in [0.15, 0.2) is 0 Å². The summed E-state index contributed by atoms with van der Waals surface area (Å²) in [7, 11) is 1.53. The molecule has 0 fully saturated rings. The summed E-state index contributed by atoms with van der Waals surface area (Å²) in [4.78, 5) is 0. The van der Waals surface area contributed by atoms with Gasteiger partial charge in [0.1, 0.15) is 11.5 Å². The number of aliphatic hydroxyl groups excluding tert-OH is 1. The van der Waals surface area contributed by atoms with Gasteiger partial charge in [0.05, 0.1) is 19.3 Å². The average Bonchev–Trinajstić information content (AvgIpc) is 2.20. The van der Waals surface area contributed by atoms with Crippen LogP contribution >= 0.6 is 0 Å². The van der Waals surface area contributed by atoms with E-state index in [1.807, 2.05) is 0 Å². The molecule has 0 heterocycles. The van der Waals surface area contributed by atoms with Crippen molar-refractivity contribution in [2.24, 2.45) is 0 Å². The van der Waals surface area contributed by atoms with Crippen LogP contribution in [0.5, 0.6) is 11.5 Å². The molecule has 0 amide bonds. The number of phenols is 1. The molecule has 0 saturated carbocycles. The summed E-state index contributed by atoms with van der Waals surface area (Å²) < 4.78 is 4.93. The lowest BCUT2D eigenvalue weighted by molar-refractivity contribution is 0.305. The van der Waals surface area contributed by atoms with Gasteiger partial charge < -0.3 is 14.9 Å². The van der Waals surface area contributed by atoms with Gasteiger partial charge in [-0.05, 0) is 12.1 Å². The maximum absolute atomic E-state index is 9.48. The van der Waals surface area contributed by atoms with Crippen molar-refractivity contribution in [2.75, 3.05) is 13.7 Å². The first-order valence-electron chi connectivity index (χ1n) is 4.24. The quantitative estimate of drug-likeness (QED) is 0.691. The first-order valence-corrected chi connectivity index (χ1v) is 4.24. The summed E-state index contributed by atoms with van der Waals surface area (Å²) in [5.74, 6) is 6.16. The van der Waals surface area contributed by atoms with E-state index in [2.05, 4.69) is 11.8 Å². The Morgan fingerprint density at radius 2 is 2.21 bits per heavy atom. The van der Waals surface area contributed by atoms with E-state index in [-0.39, 0.29) is 12.4 Å². The molecule has 1 rings (SSSR count). The van der Waals surface area contributed by atoms with Crippen LogP contribution in [0.1, 0.15) is 12.0 Å². The molecule has 1 aromatic rings. The lowest BCUT2D eigenvalue weighted by Crippen LogP contribution is -1.84. The van der Waals surface area contributed by atoms with Crippen LogP contribution in [0.15, 0.2) is 18.2 Å². The maximum Gasteiger partial charge on any atom is 0.134 e. The lowest BCUT2D eigenvalue weighted by Gasteiger charge is -2.01. The van der Waals surface area contributed by atoms with Crippen molar-refractivity contribution in [3.63, 3.8) is 0 Å². The molecule has 0 bridgehead atoms. The van der Waals surface area contributed by atoms with E-state index in [0.717, 1.165) is 0 Å². The molecule has 3 nitrogen and oxygen atoms in total. The number of phenolic OH excluding ortho intramolecular Hbond substituents is 1. The molecule has 0 saturated heterocycles. The minimum absolute atomic E-state index is 0.0317. The first kappa shape index (κ1) is 10.4. The van der Waals surface area contributed by atoms with Crippen LogP contribution in [0.4, 0.5) is 0 Å². The van der Waals surface area contributed by atoms with Gasteiger partial charge in [0.2, 0.25) is 0 Å². The van der Waals surface area contributed by atoms with Crippen molar-refractivity contribution in [3.8, 4) is 23.3 Å². The van der Waals surface area contributed by atoms with Crippen molar-refractivity contribution in [1.82, 2.24) is 0 Å². The summed E-state index contributed by atoms with van der Waals surface area (Å²) in [6.45, 7) is 0.0317. The van der Waals surface area contributed by atoms with Crippen molar-refractivity contribution in [3.05, 3.63) is 23.8 Å². The van der Waals surface area contributed by atoms with Crippen LogP contribution < -0.4 is 4.74 Å². The van der Waals surface area contributed by atoms with Gasteiger partial charge in [-0.3, -0.25) is 0 Å². The van der Waals surface area contributed by atoms with Gasteiger partial charge in [-0.1, -0.05) is 11.8 Å². The third-order valence-corrected chi connectivity index (χ3v) is 1.66. The van der Waals surface area contributed by atoms with Crippen molar-refractivity contribution < 1.29 is 14.9 Å². The predicted octanol–water partition coefficient (Wildman–Crippen LogP) is 1.13. The average molecular weight is 192 g/mol. The summed E-state index contributed by atoms with van der Waals surface area (Å²) in [5.41, 5.74) is 0.541. The van der Waals surface area contributed by atoms with E-state index >= 15 is 0 Å². The third-order valence-electron chi connectivity index (χ3n) is 1.66. The number of rotatable bonds is 2. The molecule has 1 aromatic carbocycles. The molecule has 74 valence electrons. The van der Waals surface area contributed by atoms with Crippen molar-refractivity contribution in [2.45, 2.75) is 6.42 Å². The summed E-state index contributed by atoms with van der Waals surface area (Å²) in [6.07, 6.45) is 0.408. The molecule has 0 aromatic heterocycles. The molecule has 0 aliphatic rings. The molecular weight excluding hydrogens is 180 g/mol. The van der Waals surface area contributed by atoms with Gasteiger partial charge in [0.25, 0.3) is 0 Å². The molecule has 3 heteroatoms. The zero-order valence-corrected chi connectivity index (χ0v) is 7.95. The first-order chi connectivity index (χ1) is 6.77. The largest absolute Gasteiger partial charge is 0.507 e. The minimum atomic E-state index is 0.0317. The second-order valence-corrected chi connectivity index (χ2v) is 2.66. The molecule has 0 spiro atoms. The summed E-state index contributed by atoms with van der Waals surface area (Å²) in [6, 6.07) is 4.91. The van der Waals surface area contributed by atoms with Gasteiger partial charge >= 0.3 is 0 Å². The van der Waals surface area contributed by atoms with Crippen LogP contribution in [0, 0.1) is 11.8 Å². The van der Waals surface area contributed by atoms with Crippen LogP contribution in [0.3, 0.4) is 0 Å². The summed E-state index contributed by atoms with van der Waals surface area (Å²) in [5, 5.41) is 18.0. The van der Waals surface area contributed by atoms with Crippen molar-refractivity contribution in [1.29, 1.82) is 0 Å². The Hall–Kier alpha value is -1.66. The summed E-state index contributed by atoms with van der Waals surface area (Å²) >= 11 is 0. The fourth-order valence-electron chi connectivity index (χ4n) is 0.958. The van der Waals surface area contributed by atoms with Gasteiger partial charge in [0, 0.05) is 12.5 Å². The van der Waals surface area contributed by atoms with E-state index in [1.165, 1.54) is 13.2 Å². The number of aliphatic hydroxyl groups is 1. The Balaban J connectivity index is 2.85. The number of methoxy groups -OCH3 is 1. The van der Waals surface area contributed by atoms with Crippen molar-refractivity contribution >= 4 is 0 Å². The van der Waals surface area contributed by atoms with Crippen LogP contribution in [0.2, 0.25) is 0 Å². The minimum Gasteiger partial charge on any atom is -0.507 e. The molecule has 0 unspecified atom stereocenters. The van der Waals surface area contributed by atoms with Crippen LogP contribution in [0.25, 0.3) is 0 Å². The SMILES string of the molecule is COc1ccc(C#CCCO)c(O)c1. The zero-order valence-electron chi connectivity index (χ0n) is 7.95. The number of hydrogen-bond acceptors (Lipinski definition) is 3. The fourth-order valence-corrected chi connectivity index (χ4v) is 0.958. The number of hydrogen-bond donors (Lipinski definition) is 2.